The number of sulfonamides is 1. The van der Waals surface area contributed by atoms with E-state index in [0.717, 1.165) is 17.1 Å². The van der Waals surface area contributed by atoms with Gasteiger partial charge in [0.25, 0.3) is 10.0 Å². The van der Waals surface area contributed by atoms with Crippen LogP contribution in [0.1, 0.15) is 0 Å². The van der Waals surface area contributed by atoms with Gasteiger partial charge in [0.05, 0.1) is 17.1 Å². The summed E-state index contributed by atoms with van der Waals surface area (Å²) in [5, 5.41) is 0. The summed E-state index contributed by atoms with van der Waals surface area (Å²) in [7, 11) is -1.71. The van der Waals surface area contributed by atoms with Crippen LogP contribution in [0.4, 0.5) is 11.4 Å². The van der Waals surface area contributed by atoms with Gasteiger partial charge in [-0.2, -0.15) is 0 Å². The highest BCUT2D eigenvalue weighted by Gasteiger charge is 2.20. The Hall–Kier alpha value is -1.86. The molecule has 0 saturated carbocycles. The third kappa shape index (κ3) is 3.40. The maximum atomic E-state index is 12.6. The van der Waals surface area contributed by atoms with Crippen molar-refractivity contribution in [2.75, 3.05) is 36.1 Å². The second kappa shape index (κ2) is 6.33. The Kier molecular flexibility index (Phi) is 4.41. The van der Waals surface area contributed by atoms with Crippen LogP contribution in [0.15, 0.2) is 52.3 Å². The molecule has 122 valence electrons. The van der Waals surface area contributed by atoms with E-state index in [1.54, 1.807) is 36.0 Å². The van der Waals surface area contributed by atoms with Crippen molar-refractivity contribution in [2.45, 2.75) is 9.79 Å². The fourth-order valence-electron chi connectivity index (χ4n) is 2.40. The number of benzene rings is 2. The van der Waals surface area contributed by atoms with Crippen LogP contribution >= 0.6 is 11.8 Å². The van der Waals surface area contributed by atoms with Gasteiger partial charge in [-0.25, -0.2) is 8.42 Å². The van der Waals surface area contributed by atoms with Crippen LogP contribution in [0.25, 0.3) is 0 Å². The summed E-state index contributed by atoms with van der Waals surface area (Å²) >= 11 is 1.57. The van der Waals surface area contributed by atoms with Gasteiger partial charge in [0, 0.05) is 17.6 Å². The van der Waals surface area contributed by atoms with E-state index in [-0.39, 0.29) is 4.90 Å². The molecule has 0 amide bonds. The molecule has 0 unspecified atom stereocenters. The van der Waals surface area contributed by atoms with Crippen LogP contribution in [0.5, 0.6) is 5.75 Å². The molecule has 0 aliphatic carbocycles. The number of ether oxygens (including phenoxy) is 1. The molecule has 0 saturated heterocycles. The number of nitrogens with one attached hydrogen (secondary N) is 1. The average molecular weight is 350 g/mol. The smallest absolute Gasteiger partial charge is 0.261 e. The third-order valence-electron chi connectivity index (χ3n) is 3.66. The molecule has 0 radical (unpaired) electrons. The molecule has 23 heavy (non-hydrogen) atoms. The van der Waals surface area contributed by atoms with Gasteiger partial charge in [0.2, 0.25) is 0 Å². The molecule has 1 heterocycles. The monoisotopic (exact) mass is 350 g/mol. The Morgan fingerprint density at radius 2 is 2.04 bits per heavy atom. The van der Waals surface area contributed by atoms with Crippen molar-refractivity contribution in [1.29, 1.82) is 0 Å². The Balaban J connectivity index is 1.92. The van der Waals surface area contributed by atoms with Crippen molar-refractivity contribution in [3.05, 3.63) is 42.5 Å². The van der Waals surface area contributed by atoms with Gasteiger partial charge < -0.3 is 9.64 Å². The van der Waals surface area contributed by atoms with E-state index in [2.05, 4.69) is 4.72 Å². The Morgan fingerprint density at radius 1 is 1.22 bits per heavy atom. The second-order valence-electron chi connectivity index (χ2n) is 5.24. The fraction of sp³-hybridized carbons (Fsp3) is 0.250. The zero-order valence-electron chi connectivity index (χ0n) is 12.9. The summed E-state index contributed by atoms with van der Waals surface area (Å²) in [6, 6.07) is 12.2. The van der Waals surface area contributed by atoms with Gasteiger partial charge >= 0.3 is 0 Å². The topological polar surface area (TPSA) is 58.6 Å². The maximum Gasteiger partial charge on any atom is 0.261 e. The van der Waals surface area contributed by atoms with Crippen LogP contribution in [-0.4, -0.2) is 34.9 Å². The molecule has 0 aromatic heterocycles. The van der Waals surface area contributed by atoms with Gasteiger partial charge in [-0.1, -0.05) is 6.07 Å². The van der Waals surface area contributed by atoms with Crippen molar-refractivity contribution in [3.8, 4) is 5.75 Å². The highest BCUT2D eigenvalue weighted by molar-refractivity contribution is 7.98. The van der Waals surface area contributed by atoms with E-state index >= 15 is 0 Å². The van der Waals surface area contributed by atoms with Crippen molar-refractivity contribution in [1.82, 2.24) is 0 Å². The van der Waals surface area contributed by atoms with Crippen molar-refractivity contribution >= 4 is 33.2 Å². The van der Waals surface area contributed by atoms with Crippen LogP contribution in [-0.2, 0) is 10.0 Å². The van der Waals surface area contributed by atoms with Crippen molar-refractivity contribution in [2.24, 2.45) is 0 Å². The molecule has 7 heteroatoms. The molecule has 1 aliphatic rings. The van der Waals surface area contributed by atoms with Gasteiger partial charge in [-0.3, -0.25) is 4.72 Å². The minimum Gasteiger partial charge on any atom is -0.490 e. The number of rotatable bonds is 4. The quantitative estimate of drug-likeness (QED) is 0.859. The molecule has 0 fully saturated rings. The number of anilines is 2. The summed E-state index contributed by atoms with van der Waals surface area (Å²) in [4.78, 5) is 3.22. The lowest BCUT2D eigenvalue weighted by atomic mass is 10.2. The second-order valence-corrected chi connectivity index (χ2v) is 7.80. The molecule has 5 nitrogen and oxygen atoms in total. The van der Waals surface area contributed by atoms with E-state index in [9.17, 15) is 8.42 Å². The zero-order chi connectivity index (χ0) is 16.4. The van der Waals surface area contributed by atoms with Crippen LogP contribution in [0, 0.1) is 0 Å². The minimum atomic E-state index is -3.64. The third-order valence-corrected chi connectivity index (χ3v) is 5.76. The standard InChI is InChI=1S/C16H18N2O3S2/c1-18-8-9-21-16-7-6-14(11-15(16)18)23(19,20)17-12-4-3-5-13(10-12)22-2/h3-7,10-11,17H,8-9H2,1-2H3. The number of fused-ring (bicyclic) bond motifs is 1. The van der Waals surface area contributed by atoms with Crippen LogP contribution in [0.2, 0.25) is 0 Å². The Labute approximate surface area is 140 Å². The predicted molar refractivity (Wildman–Crippen MR) is 94.2 cm³/mol. The Morgan fingerprint density at radius 3 is 2.83 bits per heavy atom. The first-order chi connectivity index (χ1) is 11.0. The lowest BCUT2D eigenvalue weighted by Crippen LogP contribution is -2.29. The van der Waals surface area contributed by atoms with E-state index in [4.69, 9.17) is 4.74 Å². The van der Waals surface area contributed by atoms with E-state index in [1.807, 2.05) is 36.4 Å². The molecule has 2 aromatic rings. The van der Waals surface area contributed by atoms with Gasteiger partial charge in [-0.05, 0) is 42.7 Å². The summed E-state index contributed by atoms with van der Waals surface area (Å²) < 4.78 is 33.4. The Bertz CT molecular complexity index is 822. The highest BCUT2D eigenvalue weighted by atomic mass is 32.2. The number of hydrogen-bond acceptors (Lipinski definition) is 5. The number of likely N-dealkylation sites (N-methyl/N-ethyl adjacent to an activating group) is 1. The maximum absolute atomic E-state index is 12.6. The van der Waals surface area contributed by atoms with E-state index in [0.29, 0.717) is 18.0 Å². The molecular weight excluding hydrogens is 332 g/mol. The van der Waals surface area contributed by atoms with E-state index < -0.39 is 10.0 Å². The first-order valence-corrected chi connectivity index (χ1v) is 9.85. The fourth-order valence-corrected chi connectivity index (χ4v) is 3.93. The number of thioether (sulfide) groups is 1. The van der Waals surface area contributed by atoms with Gasteiger partial charge in [-0.15, -0.1) is 11.8 Å². The molecule has 1 N–H and O–H groups in total. The molecular formula is C16H18N2O3S2. The largest absolute Gasteiger partial charge is 0.490 e. The van der Waals surface area contributed by atoms with Gasteiger partial charge in [0.1, 0.15) is 12.4 Å². The first kappa shape index (κ1) is 16.0. The average Bonchev–Trinajstić information content (AvgIpc) is 2.54. The molecule has 1 aliphatic heterocycles. The molecule has 0 atom stereocenters. The lowest BCUT2D eigenvalue weighted by Gasteiger charge is -2.28. The normalized spacial score (nSPS) is 14.1. The summed E-state index contributed by atoms with van der Waals surface area (Å²) in [5.74, 6) is 0.710. The summed E-state index contributed by atoms with van der Waals surface area (Å²) in [6.45, 7) is 1.34. The van der Waals surface area contributed by atoms with Crippen molar-refractivity contribution in [3.63, 3.8) is 0 Å². The first-order valence-electron chi connectivity index (χ1n) is 7.14. The number of nitrogens with zero attached hydrogens (tertiary/aromatic N) is 1. The summed E-state index contributed by atoms with van der Waals surface area (Å²) in [6.07, 6.45) is 1.95. The van der Waals surface area contributed by atoms with Crippen LogP contribution < -0.4 is 14.4 Å². The summed E-state index contributed by atoms with van der Waals surface area (Å²) in [5.41, 5.74) is 1.34. The van der Waals surface area contributed by atoms with Crippen LogP contribution in [0.3, 0.4) is 0 Å². The van der Waals surface area contributed by atoms with E-state index in [1.165, 1.54) is 0 Å². The zero-order valence-corrected chi connectivity index (χ0v) is 14.6. The SMILES string of the molecule is CSc1cccc(NS(=O)(=O)c2ccc3c(c2)N(C)CCO3)c1. The van der Waals surface area contributed by atoms with Gasteiger partial charge in [0.15, 0.2) is 0 Å². The molecule has 3 rings (SSSR count). The predicted octanol–water partition coefficient (Wildman–Crippen LogP) is 3.04. The lowest BCUT2D eigenvalue weighted by molar-refractivity contribution is 0.311. The highest BCUT2D eigenvalue weighted by Crippen LogP contribution is 2.33. The van der Waals surface area contributed by atoms with Crippen molar-refractivity contribution < 1.29 is 13.2 Å². The number of hydrogen-bond donors (Lipinski definition) is 1. The molecule has 0 spiro atoms. The molecule has 0 bridgehead atoms. The minimum absolute atomic E-state index is 0.225. The molecule has 2 aromatic carbocycles.